The van der Waals surface area contributed by atoms with Gasteiger partial charge in [-0.3, -0.25) is 14.4 Å². The zero-order valence-corrected chi connectivity index (χ0v) is 14.8. The van der Waals surface area contributed by atoms with Gasteiger partial charge in [0.2, 0.25) is 0 Å². The van der Waals surface area contributed by atoms with Crippen molar-refractivity contribution in [3.8, 4) is 0 Å². The first-order valence-corrected chi connectivity index (χ1v) is 8.16. The van der Waals surface area contributed by atoms with Gasteiger partial charge in [0, 0.05) is 24.4 Å². The maximum absolute atomic E-state index is 13.0. The fourth-order valence-corrected chi connectivity index (χ4v) is 2.76. The number of aromatic nitrogens is 1. The molecule has 0 amide bonds. The lowest BCUT2D eigenvalue weighted by Crippen LogP contribution is -2.27. The Balaban J connectivity index is 2.67. The largest absolute Gasteiger partial charge is 0.384 e. The van der Waals surface area contributed by atoms with Crippen LogP contribution in [-0.2, 0) is 6.54 Å². The molecule has 1 heterocycles. The first kappa shape index (κ1) is 17.7. The van der Waals surface area contributed by atoms with Gasteiger partial charge in [-0.15, -0.1) is 0 Å². The van der Waals surface area contributed by atoms with Crippen molar-refractivity contribution in [2.24, 2.45) is 4.99 Å². The molecule has 0 radical (unpaired) electrons. The minimum Gasteiger partial charge on any atom is -0.384 e. The monoisotopic (exact) mass is 323 g/mol. The Morgan fingerprint density at radius 1 is 1.33 bits per heavy atom. The number of anilines is 1. The number of nitrogens with two attached hydrogens (primary N) is 1. The maximum Gasteiger partial charge on any atom is 0.259 e. The highest BCUT2D eigenvalue weighted by atomic mass is 16.1. The van der Waals surface area contributed by atoms with Crippen LogP contribution < -0.4 is 11.3 Å². The number of rotatable bonds is 5. The fraction of sp³-hybridized carbons (Fsp3) is 0.300. The Bertz CT molecular complexity index is 844. The number of benzene rings is 1. The fourth-order valence-electron chi connectivity index (χ4n) is 2.76. The summed E-state index contributed by atoms with van der Waals surface area (Å²) in [5.41, 5.74) is 10.8. The van der Waals surface area contributed by atoms with Gasteiger partial charge in [-0.2, -0.15) is 0 Å². The van der Waals surface area contributed by atoms with Crippen molar-refractivity contribution in [2.45, 2.75) is 33.7 Å². The van der Waals surface area contributed by atoms with E-state index in [0.29, 0.717) is 17.9 Å². The number of nitrogen functional groups attached to an aromatic ring is 1. The van der Waals surface area contributed by atoms with Gasteiger partial charge in [-0.1, -0.05) is 37.3 Å². The van der Waals surface area contributed by atoms with E-state index in [4.69, 9.17) is 5.73 Å². The van der Waals surface area contributed by atoms with Crippen LogP contribution in [0.15, 0.2) is 46.2 Å². The van der Waals surface area contributed by atoms with E-state index < -0.39 is 0 Å². The average Bonchev–Trinajstić information content (AvgIpc) is 2.56. The van der Waals surface area contributed by atoms with Crippen LogP contribution >= 0.6 is 0 Å². The van der Waals surface area contributed by atoms with Gasteiger partial charge in [-0.05, 0) is 43.0 Å². The molecular formula is C20H25N3O. The van der Waals surface area contributed by atoms with Crippen molar-refractivity contribution in [2.75, 3.05) is 12.8 Å². The summed E-state index contributed by atoms with van der Waals surface area (Å²) in [7, 11) is 1.70. The second kappa shape index (κ2) is 7.77. The molecular weight excluding hydrogens is 298 g/mol. The quantitative estimate of drug-likeness (QED) is 0.854. The lowest BCUT2D eigenvalue weighted by molar-refractivity contribution is 0.764. The van der Waals surface area contributed by atoms with Gasteiger partial charge >= 0.3 is 0 Å². The van der Waals surface area contributed by atoms with Crippen LogP contribution in [0.25, 0.3) is 5.57 Å². The number of hydrogen-bond donors (Lipinski definition) is 1. The molecule has 0 atom stereocenters. The summed E-state index contributed by atoms with van der Waals surface area (Å²) in [4.78, 5) is 17.0. The number of nitrogens with zero attached hydrogens (tertiary/aromatic N) is 2. The summed E-state index contributed by atoms with van der Waals surface area (Å²) in [6.45, 7) is 6.51. The molecule has 0 aliphatic heterocycles. The lowest BCUT2D eigenvalue weighted by Gasteiger charge is -2.16. The number of aliphatic imine (C=N–C) groups is 1. The number of pyridine rings is 1. The molecule has 0 fully saturated rings. The molecule has 2 aromatic rings. The molecule has 24 heavy (non-hydrogen) atoms. The van der Waals surface area contributed by atoms with Crippen molar-refractivity contribution in [1.82, 2.24) is 4.57 Å². The normalized spacial score (nSPS) is 12.1. The molecule has 0 aliphatic carbocycles. The molecule has 1 aromatic heterocycles. The van der Waals surface area contributed by atoms with Crippen molar-refractivity contribution in [1.29, 1.82) is 0 Å². The Morgan fingerprint density at radius 2 is 2.04 bits per heavy atom. The van der Waals surface area contributed by atoms with E-state index in [9.17, 15) is 4.79 Å². The zero-order valence-electron chi connectivity index (χ0n) is 14.8. The predicted octanol–water partition coefficient (Wildman–Crippen LogP) is 3.65. The second-order valence-corrected chi connectivity index (χ2v) is 5.90. The van der Waals surface area contributed by atoms with Gasteiger partial charge in [0.25, 0.3) is 5.56 Å². The topological polar surface area (TPSA) is 60.4 Å². The Morgan fingerprint density at radius 3 is 2.67 bits per heavy atom. The number of aryl methyl sites for hydroxylation is 1. The molecule has 2 rings (SSSR count). The summed E-state index contributed by atoms with van der Waals surface area (Å²) in [6, 6.07) is 9.86. The molecule has 0 spiro atoms. The van der Waals surface area contributed by atoms with Gasteiger partial charge in [0.05, 0.1) is 6.54 Å². The van der Waals surface area contributed by atoms with E-state index in [0.717, 1.165) is 28.7 Å². The third-order valence-electron chi connectivity index (χ3n) is 4.16. The first-order chi connectivity index (χ1) is 11.5. The highest BCUT2D eigenvalue weighted by Gasteiger charge is 2.13. The summed E-state index contributed by atoms with van der Waals surface area (Å²) in [5, 5.41) is 0. The molecule has 0 unspecified atom stereocenters. The third-order valence-corrected chi connectivity index (χ3v) is 4.16. The molecule has 126 valence electrons. The van der Waals surface area contributed by atoms with Crippen LogP contribution in [0.4, 0.5) is 5.82 Å². The molecule has 0 bridgehead atoms. The lowest BCUT2D eigenvalue weighted by atomic mass is 10.0. The molecule has 2 N–H and O–H groups in total. The molecule has 0 saturated heterocycles. The van der Waals surface area contributed by atoms with E-state index in [1.807, 2.05) is 44.2 Å². The van der Waals surface area contributed by atoms with Gasteiger partial charge in [0.1, 0.15) is 5.82 Å². The van der Waals surface area contributed by atoms with E-state index in [2.05, 4.69) is 18.0 Å². The number of hydrogen-bond acceptors (Lipinski definition) is 3. The van der Waals surface area contributed by atoms with Crippen molar-refractivity contribution < 1.29 is 0 Å². The zero-order chi connectivity index (χ0) is 17.7. The average molecular weight is 323 g/mol. The van der Waals surface area contributed by atoms with Crippen molar-refractivity contribution in [3.63, 3.8) is 0 Å². The molecule has 4 nitrogen and oxygen atoms in total. The van der Waals surface area contributed by atoms with Crippen LogP contribution in [0.3, 0.4) is 0 Å². The Hall–Kier alpha value is -2.62. The minimum absolute atomic E-state index is 0.0637. The van der Waals surface area contributed by atoms with Crippen molar-refractivity contribution >= 4 is 17.6 Å². The predicted molar refractivity (Wildman–Crippen MR) is 103 cm³/mol. The smallest absolute Gasteiger partial charge is 0.259 e. The Kier molecular flexibility index (Phi) is 5.74. The molecule has 0 saturated carbocycles. The van der Waals surface area contributed by atoms with E-state index in [-0.39, 0.29) is 5.56 Å². The summed E-state index contributed by atoms with van der Waals surface area (Å²) in [6.07, 6.45) is 4.63. The summed E-state index contributed by atoms with van der Waals surface area (Å²) in [5.74, 6) is 0.446. The third kappa shape index (κ3) is 3.65. The highest BCUT2D eigenvalue weighted by Crippen LogP contribution is 2.18. The van der Waals surface area contributed by atoms with Crippen LogP contribution in [0.1, 0.15) is 42.5 Å². The van der Waals surface area contributed by atoms with Crippen LogP contribution in [-0.4, -0.2) is 17.8 Å². The van der Waals surface area contributed by atoms with Crippen LogP contribution in [0, 0.1) is 6.92 Å². The van der Waals surface area contributed by atoms with Gasteiger partial charge < -0.3 is 5.73 Å². The van der Waals surface area contributed by atoms with Crippen molar-refractivity contribution in [3.05, 3.63) is 69.0 Å². The molecule has 4 heteroatoms. The summed E-state index contributed by atoms with van der Waals surface area (Å²) < 4.78 is 1.64. The van der Waals surface area contributed by atoms with E-state index in [1.54, 1.807) is 17.8 Å². The Labute approximate surface area is 143 Å². The van der Waals surface area contributed by atoms with Crippen LogP contribution in [0.2, 0.25) is 0 Å². The first-order valence-electron chi connectivity index (χ1n) is 8.16. The van der Waals surface area contributed by atoms with Gasteiger partial charge in [0.15, 0.2) is 0 Å². The molecule has 1 aromatic carbocycles. The van der Waals surface area contributed by atoms with Gasteiger partial charge in [-0.25, -0.2) is 0 Å². The minimum atomic E-state index is -0.0637. The second-order valence-electron chi connectivity index (χ2n) is 5.90. The standard InChI is InChI=1S/C20H25N3O/c1-5-8-15(3)18-11-17(12-22-4)19(21)23(20(18)24)13-16-10-7-6-9-14(16)2/h6-12H,5,13,21H2,1-4H3/b15-8-,22-12?. The number of allylic oxidation sites excluding steroid dienone is 2. The van der Waals surface area contributed by atoms with E-state index in [1.165, 1.54) is 0 Å². The SMILES string of the molecule is CC/C=C(/C)c1cc(C=NC)c(N)n(Cc2ccccc2C)c1=O. The summed E-state index contributed by atoms with van der Waals surface area (Å²) >= 11 is 0. The maximum atomic E-state index is 13.0. The highest BCUT2D eigenvalue weighted by molar-refractivity contribution is 5.87. The van der Waals surface area contributed by atoms with Crippen LogP contribution in [0.5, 0.6) is 0 Å². The molecule has 0 aliphatic rings. The van der Waals surface area contributed by atoms with E-state index >= 15 is 0 Å².